The average Bonchev–Trinajstić information content (AvgIpc) is 2.59. The monoisotopic (exact) mass is 270 g/mol. The molecule has 2 rings (SSSR count). The van der Waals surface area contributed by atoms with E-state index in [-0.39, 0.29) is 11.9 Å². The maximum Gasteiger partial charge on any atom is 0.325 e. The summed E-state index contributed by atoms with van der Waals surface area (Å²) >= 11 is 1.89. The molecule has 3 amide bonds. The van der Waals surface area contributed by atoms with Crippen molar-refractivity contribution < 1.29 is 9.59 Å². The molecular formula is C13H22N2O2S. The highest BCUT2D eigenvalue weighted by Crippen LogP contribution is 2.37. The SMILES string of the molecule is CCSCCCN1C(=O)NC(=O)C12CCCCC2. The molecule has 18 heavy (non-hydrogen) atoms. The molecule has 2 aliphatic rings. The number of nitrogens with zero attached hydrogens (tertiary/aromatic N) is 1. The van der Waals surface area contributed by atoms with Crippen LogP contribution in [0.2, 0.25) is 0 Å². The highest BCUT2D eigenvalue weighted by atomic mass is 32.2. The number of imide groups is 1. The smallest absolute Gasteiger partial charge is 0.310 e. The first-order chi connectivity index (χ1) is 8.70. The molecule has 0 aromatic carbocycles. The molecule has 0 radical (unpaired) electrons. The van der Waals surface area contributed by atoms with Crippen LogP contribution in [0.15, 0.2) is 0 Å². The molecule has 1 N–H and O–H groups in total. The van der Waals surface area contributed by atoms with Crippen LogP contribution in [0.1, 0.15) is 45.4 Å². The van der Waals surface area contributed by atoms with Crippen molar-refractivity contribution >= 4 is 23.7 Å². The number of hydrogen-bond acceptors (Lipinski definition) is 3. The van der Waals surface area contributed by atoms with Crippen molar-refractivity contribution in [3.05, 3.63) is 0 Å². The molecule has 0 unspecified atom stereocenters. The Morgan fingerprint density at radius 2 is 2.00 bits per heavy atom. The summed E-state index contributed by atoms with van der Waals surface area (Å²) in [6.45, 7) is 2.85. The lowest BCUT2D eigenvalue weighted by molar-refractivity contribution is -0.128. The first-order valence-electron chi connectivity index (χ1n) is 6.91. The number of thioether (sulfide) groups is 1. The van der Waals surface area contributed by atoms with Crippen LogP contribution in [0, 0.1) is 0 Å². The first-order valence-corrected chi connectivity index (χ1v) is 8.07. The Kier molecular flexibility index (Phi) is 4.54. The second-order valence-corrected chi connectivity index (χ2v) is 6.45. The molecular weight excluding hydrogens is 248 g/mol. The summed E-state index contributed by atoms with van der Waals surface area (Å²) in [4.78, 5) is 25.8. The lowest BCUT2D eigenvalue weighted by Gasteiger charge is -2.38. The Labute approximate surface area is 113 Å². The van der Waals surface area contributed by atoms with Gasteiger partial charge in [0.2, 0.25) is 0 Å². The molecule has 1 heterocycles. The maximum atomic E-state index is 12.1. The third-order valence-electron chi connectivity index (χ3n) is 3.96. The van der Waals surface area contributed by atoms with Gasteiger partial charge in [-0.1, -0.05) is 26.2 Å². The van der Waals surface area contributed by atoms with Crippen molar-refractivity contribution in [2.24, 2.45) is 0 Å². The van der Waals surface area contributed by atoms with Crippen LogP contribution in [0.3, 0.4) is 0 Å². The molecule has 1 saturated heterocycles. The Morgan fingerprint density at radius 1 is 1.28 bits per heavy atom. The molecule has 102 valence electrons. The Balaban J connectivity index is 2.00. The number of rotatable bonds is 5. The lowest BCUT2D eigenvalue weighted by atomic mass is 9.80. The van der Waals surface area contributed by atoms with Crippen LogP contribution in [-0.2, 0) is 4.79 Å². The zero-order chi connectivity index (χ0) is 13.0. The van der Waals surface area contributed by atoms with E-state index in [1.54, 1.807) is 0 Å². The molecule has 2 fully saturated rings. The first kappa shape index (κ1) is 13.7. The van der Waals surface area contributed by atoms with Crippen molar-refractivity contribution in [1.82, 2.24) is 10.2 Å². The van der Waals surface area contributed by atoms with E-state index in [4.69, 9.17) is 0 Å². The van der Waals surface area contributed by atoms with E-state index in [0.29, 0.717) is 6.54 Å². The molecule has 1 saturated carbocycles. The van der Waals surface area contributed by atoms with Crippen molar-refractivity contribution in [3.8, 4) is 0 Å². The second kappa shape index (κ2) is 5.95. The zero-order valence-electron chi connectivity index (χ0n) is 11.0. The number of carbonyl (C=O) groups is 2. The van der Waals surface area contributed by atoms with Gasteiger partial charge in [0, 0.05) is 6.54 Å². The van der Waals surface area contributed by atoms with Gasteiger partial charge in [0.1, 0.15) is 5.54 Å². The van der Waals surface area contributed by atoms with Gasteiger partial charge in [0.25, 0.3) is 5.91 Å². The highest BCUT2D eigenvalue weighted by molar-refractivity contribution is 7.99. The fourth-order valence-corrected chi connectivity index (χ4v) is 3.64. The summed E-state index contributed by atoms with van der Waals surface area (Å²) in [5, 5.41) is 2.51. The predicted octanol–water partition coefficient (Wildman–Crippen LogP) is 2.38. The number of nitrogens with one attached hydrogen (secondary N) is 1. The van der Waals surface area contributed by atoms with Gasteiger partial charge in [-0.15, -0.1) is 0 Å². The van der Waals surface area contributed by atoms with Crippen LogP contribution in [0.25, 0.3) is 0 Å². The largest absolute Gasteiger partial charge is 0.325 e. The summed E-state index contributed by atoms with van der Waals surface area (Å²) in [6.07, 6.45) is 5.95. The van der Waals surface area contributed by atoms with Gasteiger partial charge in [-0.05, 0) is 30.8 Å². The topological polar surface area (TPSA) is 49.4 Å². The Morgan fingerprint density at radius 3 is 2.67 bits per heavy atom. The van der Waals surface area contributed by atoms with E-state index >= 15 is 0 Å². The van der Waals surface area contributed by atoms with Gasteiger partial charge in [0.15, 0.2) is 0 Å². The van der Waals surface area contributed by atoms with E-state index in [9.17, 15) is 9.59 Å². The average molecular weight is 270 g/mol. The van der Waals surface area contributed by atoms with Crippen LogP contribution in [0.4, 0.5) is 4.79 Å². The Bertz CT molecular complexity index is 327. The molecule has 0 aromatic heterocycles. The van der Waals surface area contributed by atoms with Crippen LogP contribution in [0.5, 0.6) is 0 Å². The number of urea groups is 1. The molecule has 1 aliphatic carbocycles. The lowest BCUT2D eigenvalue weighted by Crippen LogP contribution is -2.51. The van der Waals surface area contributed by atoms with Crippen molar-refractivity contribution in [2.45, 2.75) is 51.0 Å². The third kappa shape index (κ3) is 2.51. The van der Waals surface area contributed by atoms with Gasteiger partial charge in [0.05, 0.1) is 0 Å². The minimum Gasteiger partial charge on any atom is -0.310 e. The number of hydrogen-bond donors (Lipinski definition) is 1. The molecule has 0 aromatic rings. The number of amides is 3. The quantitative estimate of drug-likeness (QED) is 0.616. The van der Waals surface area contributed by atoms with E-state index in [1.807, 2.05) is 16.7 Å². The van der Waals surface area contributed by atoms with Crippen LogP contribution >= 0.6 is 11.8 Å². The fourth-order valence-electron chi connectivity index (χ4n) is 3.02. The van der Waals surface area contributed by atoms with Crippen LogP contribution in [-0.4, -0.2) is 40.4 Å². The second-order valence-electron chi connectivity index (χ2n) is 5.05. The van der Waals surface area contributed by atoms with E-state index in [2.05, 4.69) is 12.2 Å². The van der Waals surface area contributed by atoms with E-state index in [0.717, 1.165) is 43.6 Å². The highest BCUT2D eigenvalue weighted by Gasteiger charge is 2.52. The van der Waals surface area contributed by atoms with Gasteiger partial charge < -0.3 is 4.90 Å². The standard InChI is InChI=1S/C13H22N2O2S/c1-2-18-10-6-9-15-12(17)14-11(16)13(15)7-4-3-5-8-13/h2-10H2,1H3,(H,14,16,17). The Hall–Kier alpha value is -0.710. The maximum absolute atomic E-state index is 12.1. The predicted molar refractivity (Wildman–Crippen MR) is 73.7 cm³/mol. The van der Waals surface area contributed by atoms with Crippen LogP contribution < -0.4 is 5.32 Å². The minimum atomic E-state index is -0.508. The minimum absolute atomic E-state index is 0.0599. The van der Waals surface area contributed by atoms with Gasteiger partial charge in [-0.2, -0.15) is 11.8 Å². The van der Waals surface area contributed by atoms with Crippen molar-refractivity contribution in [1.29, 1.82) is 0 Å². The number of carbonyl (C=O) groups excluding carboxylic acids is 2. The molecule has 5 heteroatoms. The normalized spacial score (nSPS) is 22.6. The molecule has 1 aliphatic heterocycles. The van der Waals surface area contributed by atoms with E-state index in [1.165, 1.54) is 6.42 Å². The third-order valence-corrected chi connectivity index (χ3v) is 4.95. The summed E-state index contributed by atoms with van der Waals surface area (Å²) < 4.78 is 0. The van der Waals surface area contributed by atoms with Gasteiger partial charge in [-0.25, -0.2) is 4.79 Å². The molecule has 1 spiro atoms. The summed E-state index contributed by atoms with van der Waals surface area (Å²) in [5.74, 6) is 2.11. The molecule has 0 bridgehead atoms. The van der Waals surface area contributed by atoms with Crippen molar-refractivity contribution in [3.63, 3.8) is 0 Å². The summed E-state index contributed by atoms with van der Waals surface area (Å²) in [6, 6.07) is -0.177. The fraction of sp³-hybridized carbons (Fsp3) is 0.846. The summed E-state index contributed by atoms with van der Waals surface area (Å²) in [5.41, 5.74) is -0.508. The van der Waals surface area contributed by atoms with E-state index < -0.39 is 5.54 Å². The zero-order valence-corrected chi connectivity index (χ0v) is 11.9. The molecule has 0 atom stereocenters. The van der Waals surface area contributed by atoms with Crippen molar-refractivity contribution in [2.75, 3.05) is 18.1 Å². The van der Waals surface area contributed by atoms with Gasteiger partial charge in [-0.3, -0.25) is 10.1 Å². The van der Waals surface area contributed by atoms with Gasteiger partial charge >= 0.3 is 6.03 Å². The molecule has 4 nitrogen and oxygen atoms in total. The summed E-state index contributed by atoms with van der Waals surface area (Å²) in [7, 11) is 0.